The molecule has 0 fully saturated rings. The van der Waals surface area contributed by atoms with Gasteiger partial charge in [0.05, 0.1) is 0 Å². The Hall–Kier alpha value is -3.33. The van der Waals surface area contributed by atoms with Crippen LogP contribution in [-0.2, 0) is 8.85 Å². The van der Waals surface area contributed by atoms with Gasteiger partial charge in [0, 0.05) is 33.2 Å². The van der Waals surface area contributed by atoms with Gasteiger partial charge in [-0.15, -0.1) is 13.2 Å². The molecule has 0 aliphatic rings. The maximum absolute atomic E-state index is 6.20. The van der Waals surface area contributed by atoms with Crippen LogP contribution in [-0.4, -0.2) is 29.8 Å². The number of hydrogen-bond acceptors (Lipinski definition) is 2. The second-order valence-electron chi connectivity index (χ2n) is 17.4. The van der Waals surface area contributed by atoms with Gasteiger partial charge in [0.15, 0.2) is 16.6 Å². The Balaban J connectivity index is -0.0000000386. The van der Waals surface area contributed by atoms with E-state index in [9.17, 15) is 0 Å². The van der Waals surface area contributed by atoms with Crippen LogP contribution in [0.25, 0.3) is 0 Å². The monoisotopic (exact) mass is 823 g/mol. The van der Waals surface area contributed by atoms with Crippen molar-refractivity contribution in [1.29, 1.82) is 0 Å². The minimum Gasteiger partial charge on any atom is -0.416 e. The molecule has 0 saturated carbocycles. The summed E-state index contributed by atoms with van der Waals surface area (Å²) in [7, 11) is -3.22. The molecule has 4 heteroatoms. The Morgan fingerprint density at radius 3 is 1.32 bits per heavy atom. The first kappa shape index (κ1) is 57.0. The highest BCUT2D eigenvalue weighted by Crippen LogP contribution is 2.37. The molecular weight excluding hydrogens is 713 g/mol. The van der Waals surface area contributed by atoms with Gasteiger partial charge < -0.3 is 8.85 Å². The Bertz CT molecular complexity index is 1620. The molecule has 0 rings (SSSR count). The van der Waals surface area contributed by atoms with Crippen LogP contribution in [0.5, 0.6) is 0 Å². The van der Waals surface area contributed by atoms with Crippen molar-refractivity contribution in [2.45, 2.75) is 182 Å². The quantitative estimate of drug-likeness (QED) is 0.0356. The Labute approximate surface area is 370 Å². The fourth-order valence-electron chi connectivity index (χ4n) is 4.03. The van der Waals surface area contributed by atoms with Gasteiger partial charge in [-0.2, -0.15) is 0 Å². The Morgan fingerprint density at radius 1 is 0.571 bits per heavy atom. The summed E-state index contributed by atoms with van der Waals surface area (Å²) in [5.41, 5.74) is 30.9. The third kappa shape index (κ3) is 37.6. The van der Waals surface area contributed by atoms with Crippen molar-refractivity contribution in [2.75, 3.05) is 13.2 Å². The smallest absolute Gasteiger partial charge is 0.192 e. The van der Waals surface area contributed by atoms with Crippen LogP contribution >= 0.6 is 0 Å². The first-order valence-corrected chi connectivity index (χ1v) is 26.9. The molecule has 2 atom stereocenters. The Kier molecular flexibility index (Phi) is 36.7. The van der Waals surface area contributed by atoms with E-state index in [1.54, 1.807) is 6.08 Å². The van der Waals surface area contributed by atoms with E-state index in [0.717, 1.165) is 13.2 Å². The van der Waals surface area contributed by atoms with Gasteiger partial charge in [-0.25, -0.2) is 0 Å². The van der Waals surface area contributed by atoms with Crippen molar-refractivity contribution in [1.82, 2.24) is 0 Å². The van der Waals surface area contributed by atoms with Gasteiger partial charge in [0.25, 0.3) is 0 Å². The van der Waals surface area contributed by atoms with E-state index >= 15 is 0 Å². The molecule has 0 amide bonds. The molecule has 0 saturated heterocycles. The van der Waals surface area contributed by atoms with E-state index in [-0.39, 0.29) is 25.0 Å². The molecule has 0 aromatic heterocycles. The zero-order chi connectivity index (χ0) is 43.2. The van der Waals surface area contributed by atoms with Gasteiger partial charge in [0.2, 0.25) is 0 Å². The number of hydrogen-bond donors (Lipinski definition) is 0. The summed E-state index contributed by atoms with van der Waals surface area (Å²) in [6, 6.07) is 0. The van der Waals surface area contributed by atoms with Crippen molar-refractivity contribution in [3.8, 4) is 0 Å². The number of allylic oxidation sites excluding steroid dienone is 3. The van der Waals surface area contributed by atoms with E-state index in [0.29, 0.717) is 16.9 Å². The molecule has 338 valence electrons. The zero-order valence-electron chi connectivity index (χ0n) is 38.6. The van der Waals surface area contributed by atoms with Crippen LogP contribution in [0, 0.1) is 11.8 Å². The summed E-state index contributed by atoms with van der Waals surface area (Å²) in [6.45, 7) is 41.6. The van der Waals surface area contributed by atoms with Crippen molar-refractivity contribution < 1.29 is 28.8 Å². The molecular formula is C52H110O2Si2. The average molecular weight is 824 g/mol. The van der Waals surface area contributed by atoms with Crippen molar-refractivity contribution in [2.24, 2.45) is 11.8 Å². The van der Waals surface area contributed by atoms with E-state index in [1.165, 1.54) is 83.5 Å². The first-order valence-electron chi connectivity index (χ1n) is 21.1. The van der Waals surface area contributed by atoms with Gasteiger partial charge in [-0.1, -0.05) is 169 Å². The van der Waals surface area contributed by atoms with Gasteiger partial charge >= 0.3 is 0 Å². The lowest BCUT2D eigenvalue weighted by Crippen LogP contribution is -2.41. The zero-order valence-corrected chi connectivity index (χ0v) is 40.6. The molecule has 0 aromatic carbocycles. The van der Waals surface area contributed by atoms with Crippen LogP contribution in [0.15, 0.2) is 119 Å². The van der Waals surface area contributed by atoms with Crippen LogP contribution in [0.2, 0.25) is 36.3 Å². The molecule has 0 spiro atoms. The molecule has 0 N–H and O–H groups in total. The lowest BCUT2D eigenvalue weighted by atomic mass is 10.0. The van der Waals surface area contributed by atoms with Crippen LogP contribution in [0.1, 0.15) is 166 Å². The molecule has 2 nitrogen and oxygen atoms in total. The fourth-order valence-corrected chi connectivity index (χ4v) is 6.26. The molecule has 0 aliphatic carbocycles. The largest absolute Gasteiger partial charge is 0.416 e. The average Bonchev–Trinajstić information content (AvgIpc) is 3.13. The van der Waals surface area contributed by atoms with Gasteiger partial charge in [-0.05, 0) is 131 Å². The second kappa shape index (κ2) is 36.0. The van der Waals surface area contributed by atoms with Crippen molar-refractivity contribution in [3.63, 3.8) is 0 Å². The van der Waals surface area contributed by atoms with Crippen molar-refractivity contribution >= 4 is 16.6 Å². The Morgan fingerprint density at radius 2 is 0.946 bits per heavy atom. The minimum atomic E-state index is -1.68. The summed E-state index contributed by atoms with van der Waals surface area (Å²) in [4.78, 5) is 0. The highest BCUT2D eigenvalue weighted by Gasteiger charge is 2.37. The van der Waals surface area contributed by atoms with Crippen LogP contribution < -0.4 is 0 Å². The topological polar surface area (TPSA) is 18.5 Å². The number of rotatable bonds is 22. The van der Waals surface area contributed by atoms with E-state index < -0.39 is 16.6 Å². The molecule has 0 aliphatic heterocycles. The summed E-state index contributed by atoms with van der Waals surface area (Å²) in [5.74, 6) is 0.810. The maximum atomic E-state index is 6.20. The highest BCUT2D eigenvalue weighted by molar-refractivity contribution is 6.74. The lowest BCUT2D eigenvalue weighted by molar-refractivity contribution is 0.259. The molecule has 0 radical (unpaired) electrons. The maximum Gasteiger partial charge on any atom is 0.192 e. The number of unbranched alkanes of at least 4 members (excludes halogenated alkanes) is 12. The van der Waals surface area contributed by atoms with Crippen molar-refractivity contribution in [3.05, 3.63) is 119 Å². The standard InChI is InChI=1S/C25H26OSi.C16H32.C11H24OSi.14H2/c1-8-9-10-11-12-13-14-15-16-17-18-19-20-21-22-24(2)23-26-27(6,7)25(3,4)5;1-3-5-7-9-11-13-15-16-14-12-10-8-6-4-2;1-8-10(2)9-12-13(6,7)11(3,4)5;;;;;;;;;;;;;;/h20-22,24H,1,23H2,2-7H3;3H,1,4-16H2,2H3;8,10H,1,9H2,2-7H3;14*1H/b22-21-;;;;;;;;;;;;;;;;/t24-;;10-;;;;;;;;;;;;;;/m1.1............../s1. The SMILES string of the molecule is C=C=C=C=C=C=C=C=C=C=C=C=C=C/C=C\[C@@H](C)CO[Si](C)(C)C(C)(C)C.C=CCCCCCCCCCCCCCC.C=C[C@@H](C)CO[Si](C)(C)C(C)(C)C.[HH].[HH].[HH].[HH].[HH].[HH].[HH].[HH].[HH].[HH].[HH].[HH].[HH].[HH]. The lowest BCUT2D eigenvalue weighted by Gasteiger charge is -2.36. The second-order valence-corrected chi connectivity index (χ2v) is 27.0. The summed E-state index contributed by atoms with van der Waals surface area (Å²) in [5, 5.41) is 0.546. The third-order valence-electron chi connectivity index (χ3n) is 10.0. The minimum absolute atomic E-state index is 0. The molecule has 0 bridgehead atoms. The van der Waals surface area contributed by atoms with Gasteiger partial charge in [-0.3, -0.25) is 0 Å². The van der Waals surface area contributed by atoms with E-state index in [1.807, 2.05) is 18.2 Å². The summed E-state index contributed by atoms with van der Waals surface area (Å²) in [6.07, 6.45) is 28.2. The predicted octanol–water partition coefficient (Wildman–Crippen LogP) is 19.8. The molecule has 0 unspecified atom stereocenters. The highest BCUT2D eigenvalue weighted by atomic mass is 28.4. The van der Waals surface area contributed by atoms with Gasteiger partial charge in [0.1, 0.15) is 0 Å². The van der Waals surface area contributed by atoms with E-state index in [2.05, 4.69) is 183 Å². The molecule has 56 heavy (non-hydrogen) atoms. The third-order valence-corrected chi connectivity index (χ3v) is 19.0. The van der Waals surface area contributed by atoms with Crippen LogP contribution in [0.4, 0.5) is 0 Å². The normalized spacial score (nSPS) is 11.7. The fraction of sp³-hybridized carbons (Fsp3) is 0.615. The summed E-state index contributed by atoms with van der Waals surface area (Å²) < 4.78 is 12.2. The molecule has 0 aromatic rings. The van der Waals surface area contributed by atoms with E-state index in [4.69, 9.17) is 8.85 Å². The van der Waals surface area contributed by atoms with Crippen LogP contribution in [0.3, 0.4) is 0 Å². The molecule has 0 heterocycles. The predicted molar refractivity (Wildman–Crippen MR) is 282 cm³/mol. The summed E-state index contributed by atoms with van der Waals surface area (Å²) >= 11 is 0. The first-order chi connectivity index (χ1) is 26.3.